The van der Waals surface area contributed by atoms with Crippen LogP contribution >= 0.6 is 11.6 Å². The number of nitrogens with one attached hydrogen (secondary N) is 1. The molecule has 0 aliphatic heterocycles. The molecule has 7 nitrogen and oxygen atoms in total. The topological polar surface area (TPSA) is 81.4 Å². The summed E-state index contributed by atoms with van der Waals surface area (Å²) in [6.45, 7) is -1.19. The summed E-state index contributed by atoms with van der Waals surface area (Å²) in [5.41, 5.74) is 1.05. The predicted octanol–water partition coefficient (Wildman–Crippen LogP) is 2.94. The summed E-state index contributed by atoms with van der Waals surface area (Å²) >= 11 is 5.83. The second kappa shape index (κ2) is 6.36. The maximum absolute atomic E-state index is 12.2. The van der Waals surface area contributed by atoms with Crippen molar-refractivity contribution in [3.63, 3.8) is 0 Å². The van der Waals surface area contributed by atoms with E-state index < -0.39 is 12.5 Å². The van der Waals surface area contributed by atoms with Crippen LogP contribution in [0.5, 0.6) is 5.75 Å². The summed E-state index contributed by atoms with van der Waals surface area (Å²) in [7, 11) is 0. The molecule has 0 spiro atoms. The fourth-order valence-electron chi connectivity index (χ4n) is 1.96. The molecule has 0 aliphatic rings. The second-order valence-corrected chi connectivity index (χ2v) is 5.12. The highest BCUT2D eigenvalue weighted by molar-refractivity contribution is 6.32. The van der Waals surface area contributed by atoms with E-state index in [0.29, 0.717) is 5.78 Å². The van der Waals surface area contributed by atoms with Crippen LogP contribution in [-0.2, 0) is 0 Å². The van der Waals surface area contributed by atoms with E-state index in [4.69, 9.17) is 11.6 Å². The third-order valence-electron chi connectivity index (χ3n) is 3.04. The number of aryl methyl sites for hydroxylation is 1. The molecule has 0 atom stereocenters. The van der Waals surface area contributed by atoms with E-state index in [1.165, 1.54) is 22.7 Å². The molecule has 124 valence electrons. The molecule has 0 bridgehead atoms. The number of halogens is 3. The van der Waals surface area contributed by atoms with Crippen molar-refractivity contribution >= 4 is 29.0 Å². The van der Waals surface area contributed by atoms with E-state index in [9.17, 15) is 13.6 Å². The van der Waals surface area contributed by atoms with Gasteiger partial charge < -0.3 is 10.1 Å². The van der Waals surface area contributed by atoms with Gasteiger partial charge in [0.15, 0.2) is 0 Å². The van der Waals surface area contributed by atoms with Gasteiger partial charge in [0, 0.05) is 17.6 Å². The Kier molecular flexibility index (Phi) is 4.26. The number of hydrogen-bond acceptors (Lipinski definition) is 5. The van der Waals surface area contributed by atoms with Crippen LogP contribution in [0.25, 0.3) is 5.78 Å². The number of carbonyl (C=O) groups is 1. The summed E-state index contributed by atoms with van der Waals surface area (Å²) in [4.78, 5) is 20.2. The molecule has 0 saturated heterocycles. The normalized spacial score (nSPS) is 11.0. The molecule has 0 saturated carbocycles. The Morgan fingerprint density at radius 1 is 1.38 bits per heavy atom. The number of amides is 1. The molecule has 1 amide bonds. The van der Waals surface area contributed by atoms with Crippen LogP contribution in [-0.4, -0.2) is 32.1 Å². The van der Waals surface area contributed by atoms with E-state index >= 15 is 0 Å². The summed E-state index contributed by atoms with van der Waals surface area (Å²) in [5, 5.41) is 6.53. The Morgan fingerprint density at radius 2 is 2.17 bits per heavy atom. The summed E-state index contributed by atoms with van der Waals surface area (Å²) < 4.78 is 30.0. The number of fused-ring (bicyclic) bond motifs is 1. The Morgan fingerprint density at radius 3 is 2.83 bits per heavy atom. The number of hydrogen-bond donors (Lipinski definition) is 1. The lowest BCUT2D eigenvalue weighted by Crippen LogP contribution is -2.14. The van der Waals surface area contributed by atoms with Gasteiger partial charge in [-0.1, -0.05) is 11.6 Å². The van der Waals surface area contributed by atoms with Crippen molar-refractivity contribution in [2.75, 3.05) is 5.32 Å². The summed E-state index contributed by atoms with van der Waals surface area (Å²) in [6.07, 6.45) is 1.56. The van der Waals surface area contributed by atoms with Crippen molar-refractivity contribution in [1.82, 2.24) is 19.6 Å². The molecule has 1 N–H and O–H groups in total. The minimum Gasteiger partial charge on any atom is -0.433 e. The van der Waals surface area contributed by atoms with Gasteiger partial charge in [0.1, 0.15) is 5.75 Å². The van der Waals surface area contributed by atoms with Crippen LogP contribution in [0.3, 0.4) is 0 Å². The Labute approximate surface area is 139 Å². The first-order valence-corrected chi connectivity index (χ1v) is 7.06. The van der Waals surface area contributed by atoms with Crippen LogP contribution < -0.4 is 10.1 Å². The highest BCUT2D eigenvalue weighted by atomic mass is 35.5. The van der Waals surface area contributed by atoms with E-state index in [1.807, 2.05) is 0 Å². The highest BCUT2D eigenvalue weighted by Crippen LogP contribution is 2.29. The van der Waals surface area contributed by atoms with Crippen molar-refractivity contribution in [3.05, 3.63) is 47.0 Å². The maximum Gasteiger partial charge on any atom is 0.387 e. The molecule has 0 fully saturated rings. The van der Waals surface area contributed by atoms with Crippen LogP contribution in [0.2, 0.25) is 5.02 Å². The zero-order chi connectivity index (χ0) is 17.3. The molecular formula is C14H10ClF2N5O2. The molecule has 0 aliphatic carbocycles. The average molecular weight is 354 g/mol. The molecule has 0 radical (unpaired) electrons. The van der Waals surface area contributed by atoms with Crippen LogP contribution in [0, 0.1) is 6.92 Å². The van der Waals surface area contributed by atoms with Crippen LogP contribution in [0.4, 0.5) is 14.5 Å². The minimum absolute atomic E-state index is 0.0615. The third-order valence-corrected chi connectivity index (χ3v) is 3.33. The summed E-state index contributed by atoms with van der Waals surface area (Å²) in [6, 6.07) is 5.62. The lowest BCUT2D eigenvalue weighted by Gasteiger charge is -2.08. The Hall–Kier alpha value is -2.81. The van der Waals surface area contributed by atoms with E-state index in [2.05, 4.69) is 25.1 Å². The lowest BCUT2D eigenvalue weighted by atomic mass is 10.3. The lowest BCUT2D eigenvalue weighted by molar-refractivity contribution is -0.0497. The summed E-state index contributed by atoms with van der Waals surface area (Å²) in [5.74, 6) is -0.562. The minimum atomic E-state index is -2.99. The maximum atomic E-state index is 12.2. The van der Waals surface area contributed by atoms with Gasteiger partial charge in [-0.2, -0.15) is 13.8 Å². The first-order valence-electron chi connectivity index (χ1n) is 6.68. The number of anilines is 1. The van der Waals surface area contributed by atoms with Crippen LogP contribution in [0.15, 0.2) is 30.5 Å². The third kappa shape index (κ3) is 3.25. The van der Waals surface area contributed by atoms with Gasteiger partial charge in [-0.25, -0.2) is 9.50 Å². The quantitative estimate of drug-likeness (QED) is 0.780. The molecule has 1 aromatic carbocycles. The largest absolute Gasteiger partial charge is 0.433 e. The van der Waals surface area contributed by atoms with Gasteiger partial charge >= 0.3 is 6.61 Å². The van der Waals surface area contributed by atoms with E-state index in [0.717, 1.165) is 5.69 Å². The Balaban J connectivity index is 1.81. The van der Waals surface area contributed by atoms with Gasteiger partial charge in [0.2, 0.25) is 5.82 Å². The van der Waals surface area contributed by atoms with Crippen molar-refractivity contribution in [3.8, 4) is 5.75 Å². The van der Waals surface area contributed by atoms with E-state index in [-0.39, 0.29) is 22.3 Å². The average Bonchev–Trinajstić information content (AvgIpc) is 2.95. The molecular weight excluding hydrogens is 344 g/mol. The SMILES string of the molecule is Cc1ccnc2nc(C(=O)Nc3ccc(OC(F)F)c(Cl)c3)nn12. The first-order chi connectivity index (χ1) is 11.4. The molecule has 24 heavy (non-hydrogen) atoms. The fourth-order valence-corrected chi connectivity index (χ4v) is 2.18. The van der Waals surface area contributed by atoms with Gasteiger partial charge in [-0.05, 0) is 31.2 Å². The number of rotatable bonds is 4. The second-order valence-electron chi connectivity index (χ2n) is 4.71. The molecule has 3 rings (SSSR count). The molecule has 3 aromatic rings. The number of alkyl halides is 2. The van der Waals surface area contributed by atoms with Crippen molar-refractivity contribution in [2.45, 2.75) is 13.5 Å². The zero-order valence-corrected chi connectivity index (χ0v) is 13.0. The molecule has 10 heteroatoms. The molecule has 2 heterocycles. The van der Waals surface area contributed by atoms with Crippen molar-refractivity contribution in [2.24, 2.45) is 0 Å². The van der Waals surface area contributed by atoms with E-state index in [1.54, 1.807) is 19.2 Å². The smallest absolute Gasteiger partial charge is 0.387 e. The standard InChI is InChI=1S/C14H10ClF2N5O2/c1-7-4-5-18-14-20-11(21-22(7)14)12(23)19-8-2-3-10(9(15)6-8)24-13(16)17/h2-6,13H,1H3,(H,19,23). The first kappa shape index (κ1) is 16.1. The zero-order valence-electron chi connectivity index (χ0n) is 12.2. The number of ether oxygens (including phenoxy) is 1. The van der Waals surface area contributed by atoms with Crippen molar-refractivity contribution in [1.29, 1.82) is 0 Å². The molecule has 2 aromatic heterocycles. The van der Waals surface area contributed by atoms with Gasteiger partial charge in [-0.3, -0.25) is 4.79 Å². The molecule has 0 unspecified atom stereocenters. The number of nitrogens with zero attached hydrogens (tertiary/aromatic N) is 4. The number of aromatic nitrogens is 4. The van der Waals surface area contributed by atoms with Gasteiger partial charge in [0.25, 0.3) is 11.7 Å². The van der Waals surface area contributed by atoms with Gasteiger partial charge in [-0.15, -0.1) is 5.10 Å². The Bertz CT molecular complexity index is 915. The van der Waals surface area contributed by atoms with Crippen LogP contribution in [0.1, 0.15) is 16.3 Å². The number of benzene rings is 1. The number of carbonyl (C=O) groups excluding carboxylic acids is 1. The highest BCUT2D eigenvalue weighted by Gasteiger charge is 2.16. The predicted molar refractivity (Wildman–Crippen MR) is 81.6 cm³/mol. The van der Waals surface area contributed by atoms with Gasteiger partial charge in [0.05, 0.1) is 5.02 Å². The fraction of sp³-hybridized carbons (Fsp3) is 0.143. The van der Waals surface area contributed by atoms with Crippen molar-refractivity contribution < 1.29 is 18.3 Å². The monoisotopic (exact) mass is 353 g/mol.